The zero-order valence-electron chi connectivity index (χ0n) is 14.1. The monoisotopic (exact) mass is 336 g/mol. The van der Waals surface area contributed by atoms with Crippen molar-refractivity contribution in [3.8, 4) is 5.75 Å². The van der Waals surface area contributed by atoms with Gasteiger partial charge in [-0.25, -0.2) is 4.79 Å². The van der Waals surface area contributed by atoms with Crippen molar-refractivity contribution in [3.63, 3.8) is 0 Å². The van der Waals surface area contributed by atoms with Gasteiger partial charge in [-0.05, 0) is 24.6 Å². The fourth-order valence-electron chi connectivity index (χ4n) is 2.63. The normalized spacial score (nSPS) is 16.2. The minimum Gasteiger partial charge on any atom is -0.497 e. The van der Waals surface area contributed by atoms with E-state index < -0.39 is 11.9 Å². The lowest BCUT2D eigenvalue weighted by Gasteiger charge is -2.34. The maximum Gasteiger partial charge on any atom is 0.396 e. The molecule has 1 unspecified atom stereocenters. The molecule has 0 bridgehead atoms. The fourth-order valence-corrected chi connectivity index (χ4v) is 2.63. The Labute approximate surface area is 141 Å². The molecular weight excluding hydrogens is 312 g/mol. The minimum atomic E-state index is -0.854. The van der Waals surface area contributed by atoms with Crippen molar-refractivity contribution in [3.05, 3.63) is 29.8 Å². The van der Waals surface area contributed by atoms with E-state index in [2.05, 4.69) is 10.2 Å². The number of hydrogen-bond acceptors (Lipinski definition) is 6. The summed E-state index contributed by atoms with van der Waals surface area (Å²) >= 11 is 0. The van der Waals surface area contributed by atoms with Crippen LogP contribution in [-0.2, 0) is 19.1 Å². The van der Waals surface area contributed by atoms with Crippen molar-refractivity contribution in [1.29, 1.82) is 0 Å². The first-order valence-electron chi connectivity index (χ1n) is 8.06. The number of hydrogen-bond donors (Lipinski definition) is 1. The van der Waals surface area contributed by atoms with Crippen molar-refractivity contribution in [1.82, 2.24) is 10.2 Å². The quantitative estimate of drug-likeness (QED) is 0.610. The number of methoxy groups -OCH3 is 1. The lowest BCUT2D eigenvalue weighted by Crippen LogP contribution is -2.45. The summed E-state index contributed by atoms with van der Waals surface area (Å²) in [5.74, 6) is -0.799. The summed E-state index contributed by atoms with van der Waals surface area (Å²) in [6.07, 6.45) is 0. The summed E-state index contributed by atoms with van der Waals surface area (Å²) in [5, 5.41) is 2.66. The van der Waals surface area contributed by atoms with Gasteiger partial charge in [-0.2, -0.15) is 0 Å². The number of rotatable bonds is 6. The molecule has 1 aliphatic heterocycles. The van der Waals surface area contributed by atoms with Crippen molar-refractivity contribution in [2.75, 3.05) is 46.6 Å². The average molecular weight is 336 g/mol. The Morgan fingerprint density at radius 2 is 1.92 bits per heavy atom. The number of amides is 1. The first-order valence-corrected chi connectivity index (χ1v) is 8.06. The third kappa shape index (κ3) is 4.94. The minimum absolute atomic E-state index is 0.0433. The van der Waals surface area contributed by atoms with Gasteiger partial charge in [-0.3, -0.25) is 9.69 Å². The fraction of sp³-hybridized carbons (Fsp3) is 0.529. The maximum atomic E-state index is 11.8. The smallest absolute Gasteiger partial charge is 0.396 e. The van der Waals surface area contributed by atoms with E-state index in [1.165, 1.54) is 0 Å². The Kier molecular flexibility index (Phi) is 7.02. The molecular formula is C17H24N2O5. The highest BCUT2D eigenvalue weighted by Gasteiger charge is 2.24. The van der Waals surface area contributed by atoms with Crippen molar-refractivity contribution in [2.24, 2.45) is 0 Å². The lowest BCUT2D eigenvalue weighted by molar-refractivity contribution is -0.154. The number of nitrogens with zero attached hydrogens (tertiary/aromatic N) is 1. The van der Waals surface area contributed by atoms with E-state index in [1.807, 2.05) is 24.3 Å². The van der Waals surface area contributed by atoms with Gasteiger partial charge < -0.3 is 19.5 Å². The molecule has 7 nitrogen and oxygen atoms in total. The van der Waals surface area contributed by atoms with Gasteiger partial charge in [0.25, 0.3) is 0 Å². The molecule has 7 heteroatoms. The second-order valence-electron chi connectivity index (χ2n) is 5.37. The van der Waals surface area contributed by atoms with Gasteiger partial charge in [0.2, 0.25) is 0 Å². The predicted molar refractivity (Wildman–Crippen MR) is 87.8 cm³/mol. The molecule has 1 N–H and O–H groups in total. The highest BCUT2D eigenvalue weighted by molar-refractivity contribution is 6.32. The Hall–Kier alpha value is -2.12. The van der Waals surface area contributed by atoms with Gasteiger partial charge in [-0.1, -0.05) is 12.1 Å². The molecule has 1 heterocycles. The van der Waals surface area contributed by atoms with E-state index in [1.54, 1.807) is 14.0 Å². The molecule has 0 aliphatic carbocycles. The Balaban J connectivity index is 2.07. The number of ether oxygens (including phenoxy) is 3. The standard InChI is InChI=1S/C17H24N2O5/c1-3-24-17(21)16(20)18-12-15(19-8-10-23-11-9-19)13-4-6-14(22-2)7-5-13/h4-7,15H,3,8-12H2,1-2H3,(H,18,20). The van der Waals surface area contributed by atoms with Crippen LogP contribution in [0.15, 0.2) is 24.3 Å². The van der Waals surface area contributed by atoms with E-state index in [0.29, 0.717) is 19.8 Å². The van der Waals surface area contributed by atoms with Gasteiger partial charge in [0.15, 0.2) is 0 Å². The van der Waals surface area contributed by atoms with Gasteiger partial charge in [0.1, 0.15) is 5.75 Å². The van der Waals surface area contributed by atoms with Gasteiger partial charge in [0.05, 0.1) is 33.0 Å². The van der Waals surface area contributed by atoms with Gasteiger partial charge >= 0.3 is 11.9 Å². The molecule has 24 heavy (non-hydrogen) atoms. The maximum absolute atomic E-state index is 11.8. The molecule has 0 spiro atoms. The summed E-state index contributed by atoms with van der Waals surface area (Å²) in [6, 6.07) is 7.66. The SMILES string of the molecule is CCOC(=O)C(=O)NCC(c1ccc(OC)cc1)N1CCOCC1. The second-order valence-corrected chi connectivity index (χ2v) is 5.37. The van der Waals surface area contributed by atoms with Crippen LogP contribution in [0.4, 0.5) is 0 Å². The molecule has 1 aromatic rings. The molecule has 132 valence electrons. The van der Waals surface area contributed by atoms with E-state index in [4.69, 9.17) is 14.2 Å². The molecule has 2 rings (SSSR count). The molecule has 0 radical (unpaired) electrons. The molecule has 1 aliphatic rings. The Bertz CT molecular complexity index is 540. The van der Waals surface area contributed by atoms with E-state index in [-0.39, 0.29) is 12.6 Å². The predicted octanol–water partition coefficient (Wildman–Crippen LogP) is 0.748. The topological polar surface area (TPSA) is 77.1 Å². The third-order valence-corrected chi connectivity index (χ3v) is 3.90. The number of carbonyl (C=O) groups is 2. The molecule has 1 amide bonds. The van der Waals surface area contributed by atoms with Crippen molar-refractivity contribution < 1.29 is 23.8 Å². The second kappa shape index (κ2) is 9.24. The first kappa shape index (κ1) is 18.2. The van der Waals surface area contributed by atoms with Crippen LogP contribution in [0.2, 0.25) is 0 Å². The highest BCUT2D eigenvalue weighted by atomic mass is 16.5. The molecule has 1 fully saturated rings. The van der Waals surface area contributed by atoms with Crippen LogP contribution in [0.25, 0.3) is 0 Å². The molecule has 1 aromatic carbocycles. The lowest BCUT2D eigenvalue weighted by atomic mass is 10.0. The number of benzene rings is 1. The van der Waals surface area contributed by atoms with Crippen molar-refractivity contribution in [2.45, 2.75) is 13.0 Å². The average Bonchev–Trinajstić information content (AvgIpc) is 2.63. The van der Waals surface area contributed by atoms with Crippen LogP contribution in [0.1, 0.15) is 18.5 Å². The van der Waals surface area contributed by atoms with Crippen LogP contribution in [0.5, 0.6) is 5.75 Å². The molecule has 1 saturated heterocycles. The zero-order valence-corrected chi connectivity index (χ0v) is 14.1. The number of esters is 1. The molecule has 0 aromatic heterocycles. The summed E-state index contributed by atoms with van der Waals surface area (Å²) < 4.78 is 15.3. The summed E-state index contributed by atoms with van der Waals surface area (Å²) in [7, 11) is 1.62. The third-order valence-electron chi connectivity index (χ3n) is 3.90. The Morgan fingerprint density at radius 1 is 1.25 bits per heavy atom. The highest BCUT2D eigenvalue weighted by Crippen LogP contribution is 2.23. The van der Waals surface area contributed by atoms with Crippen LogP contribution in [0.3, 0.4) is 0 Å². The van der Waals surface area contributed by atoms with Gasteiger partial charge in [-0.15, -0.1) is 0 Å². The van der Waals surface area contributed by atoms with E-state index in [9.17, 15) is 9.59 Å². The summed E-state index contributed by atoms with van der Waals surface area (Å²) in [4.78, 5) is 25.5. The van der Waals surface area contributed by atoms with E-state index >= 15 is 0 Å². The van der Waals surface area contributed by atoms with Crippen LogP contribution in [0, 0.1) is 0 Å². The molecule has 0 saturated carbocycles. The van der Waals surface area contributed by atoms with Crippen LogP contribution in [-0.4, -0.2) is 63.3 Å². The number of nitrogens with one attached hydrogen (secondary N) is 1. The zero-order chi connectivity index (χ0) is 17.4. The van der Waals surface area contributed by atoms with Gasteiger partial charge in [0, 0.05) is 19.6 Å². The number of morpholine rings is 1. The number of carbonyl (C=O) groups excluding carboxylic acids is 2. The van der Waals surface area contributed by atoms with E-state index in [0.717, 1.165) is 24.4 Å². The van der Waals surface area contributed by atoms with Crippen molar-refractivity contribution >= 4 is 11.9 Å². The Morgan fingerprint density at radius 3 is 2.50 bits per heavy atom. The van der Waals surface area contributed by atoms with Crippen LogP contribution >= 0.6 is 0 Å². The largest absolute Gasteiger partial charge is 0.497 e. The first-order chi connectivity index (χ1) is 11.7. The summed E-state index contributed by atoms with van der Waals surface area (Å²) in [6.45, 7) is 5.01. The van der Waals surface area contributed by atoms with Crippen LogP contribution < -0.4 is 10.1 Å². The molecule has 1 atom stereocenters. The summed E-state index contributed by atoms with van der Waals surface area (Å²) in [5.41, 5.74) is 1.04.